The number of methoxy groups -OCH3 is 2. The predicted octanol–water partition coefficient (Wildman–Crippen LogP) is 4.45. The monoisotopic (exact) mass is 411 g/mol. The molecule has 2 aromatic carbocycles. The predicted molar refractivity (Wildman–Crippen MR) is 115 cm³/mol. The molecule has 1 aliphatic rings. The summed E-state index contributed by atoms with van der Waals surface area (Å²) in [4.78, 5) is 2.02. The lowest BCUT2D eigenvalue weighted by molar-refractivity contribution is 0.287. The maximum Gasteiger partial charge on any atom is 0.174 e. The van der Waals surface area contributed by atoms with Crippen LogP contribution in [0.1, 0.15) is 17.3 Å². The fourth-order valence-corrected chi connectivity index (χ4v) is 4.03. The number of nitrogens with one attached hydrogen (secondary N) is 1. The molecule has 29 heavy (non-hydrogen) atoms. The lowest BCUT2D eigenvalue weighted by Gasteiger charge is -2.39. The molecule has 4 rings (SSSR count). The number of benzene rings is 2. The summed E-state index contributed by atoms with van der Waals surface area (Å²) in [5, 5.41) is 3.77. The van der Waals surface area contributed by atoms with Crippen LogP contribution in [0.5, 0.6) is 11.5 Å². The Kier molecular flexibility index (Phi) is 5.40. The molecule has 0 amide bonds. The molecule has 0 spiro atoms. The molecule has 1 aromatic heterocycles. The molecule has 1 aliphatic heterocycles. The van der Waals surface area contributed by atoms with E-state index in [2.05, 4.69) is 9.88 Å². The van der Waals surface area contributed by atoms with Crippen molar-refractivity contribution in [3.05, 3.63) is 77.9 Å². The fraction of sp³-hybridized carbons (Fsp3) is 0.227. The minimum Gasteiger partial charge on any atom is -0.497 e. The molecule has 0 radical (unpaired) electrons. The average molecular weight is 412 g/mol. The van der Waals surface area contributed by atoms with E-state index < -0.39 is 0 Å². The summed E-state index contributed by atoms with van der Waals surface area (Å²) in [5.74, 6) is 1.09. The van der Waals surface area contributed by atoms with Crippen LogP contribution in [-0.4, -0.2) is 35.3 Å². The van der Waals surface area contributed by atoms with E-state index in [9.17, 15) is 4.39 Å². The Morgan fingerprint density at radius 3 is 2.66 bits per heavy atom. The molecule has 0 saturated carbocycles. The van der Waals surface area contributed by atoms with E-state index in [1.165, 1.54) is 6.07 Å². The number of anilines is 1. The second kappa shape index (κ2) is 8.13. The molecular weight excluding hydrogens is 389 g/mol. The van der Waals surface area contributed by atoms with Gasteiger partial charge in [-0.3, -0.25) is 0 Å². The van der Waals surface area contributed by atoms with Crippen molar-refractivity contribution in [2.75, 3.05) is 26.1 Å². The zero-order chi connectivity index (χ0) is 20.4. The van der Waals surface area contributed by atoms with E-state index in [1.807, 2.05) is 53.6 Å². The van der Waals surface area contributed by atoms with Gasteiger partial charge in [-0.1, -0.05) is 18.2 Å². The Bertz CT molecular complexity index is 1040. The first-order chi connectivity index (χ1) is 14.1. The molecule has 1 atom stereocenters. The molecule has 0 bridgehead atoms. The number of hydrogen-bond acceptors (Lipinski definition) is 3. The standard InChI is InChI=1S/C22H22FN3O2S/c1-27-15-9-10-20(28-2)18(14-15)24-22(29)26-13-12-25-11-5-8-19(25)21(26)16-6-3-4-7-17(16)23/h3-11,14,21H,12-13H2,1-2H3,(H,24,29)/t21-/m0/s1. The van der Waals surface area contributed by atoms with E-state index in [1.54, 1.807) is 20.3 Å². The summed E-state index contributed by atoms with van der Waals surface area (Å²) < 4.78 is 27.6. The van der Waals surface area contributed by atoms with Gasteiger partial charge in [-0.25, -0.2) is 4.39 Å². The Morgan fingerprint density at radius 1 is 1.07 bits per heavy atom. The second-order valence-corrected chi connectivity index (χ2v) is 7.13. The molecule has 0 aliphatic carbocycles. The van der Waals surface area contributed by atoms with Gasteiger partial charge in [0.25, 0.3) is 0 Å². The highest BCUT2D eigenvalue weighted by molar-refractivity contribution is 7.80. The molecule has 0 unspecified atom stereocenters. The number of fused-ring (bicyclic) bond motifs is 1. The SMILES string of the molecule is COc1ccc(OC)c(NC(=S)N2CCn3cccc3[C@@H]2c2ccccc2F)c1. The van der Waals surface area contributed by atoms with Gasteiger partial charge in [-0.2, -0.15) is 0 Å². The van der Waals surface area contributed by atoms with Gasteiger partial charge in [0.15, 0.2) is 5.11 Å². The number of nitrogens with zero attached hydrogens (tertiary/aromatic N) is 2. The topological polar surface area (TPSA) is 38.7 Å². The summed E-state index contributed by atoms with van der Waals surface area (Å²) in [6.45, 7) is 1.42. The van der Waals surface area contributed by atoms with Crippen LogP contribution in [0.3, 0.4) is 0 Å². The molecule has 5 nitrogen and oxygen atoms in total. The van der Waals surface area contributed by atoms with Gasteiger partial charge < -0.3 is 24.3 Å². The maximum atomic E-state index is 14.7. The van der Waals surface area contributed by atoms with Crippen molar-refractivity contribution in [3.8, 4) is 11.5 Å². The first kappa shape index (κ1) is 19.3. The first-order valence-electron chi connectivity index (χ1n) is 9.31. The summed E-state index contributed by atoms with van der Waals surface area (Å²) in [6, 6.07) is 16.0. The summed E-state index contributed by atoms with van der Waals surface area (Å²) >= 11 is 5.75. The van der Waals surface area contributed by atoms with Gasteiger partial charge in [0.05, 0.1) is 25.9 Å². The van der Waals surface area contributed by atoms with Crippen molar-refractivity contribution in [3.63, 3.8) is 0 Å². The third kappa shape index (κ3) is 3.65. The smallest absolute Gasteiger partial charge is 0.174 e. The number of hydrogen-bond donors (Lipinski definition) is 1. The number of halogens is 1. The molecule has 3 aromatic rings. The molecule has 7 heteroatoms. The lowest BCUT2D eigenvalue weighted by atomic mass is 10.00. The third-order valence-corrected chi connectivity index (χ3v) is 5.48. The molecule has 1 N–H and O–H groups in total. The van der Waals surface area contributed by atoms with Crippen LogP contribution in [0.2, 0.25) is 0 Å². The fourth-order valence-electron chi connectivity index (χ4n) is 3.73. The van der Waals surface area contributed by atoms with Gasteiger partial charge in [-0.15, -0.1) is 0 Å². The van der Waals surface area contributed by atoms with Crippen LogP contribution >= 0.6 is 12.2 Å². The quantitative estimate of drug-likeness (QED) is 0.643. The van der Waals surface area contributed by atoms with Crippen LogP contribution in [0.15, 0.2) is 60.8 Å². The minimum absolute atomic E-state index is 0.251. The normalized spacial score (nSPS) is 15.6. The van der Waals surface area contributed by atoms with Crippen molar-refractivity contribution < 1.29 is 13.9 Å². The highest BCUT2D eigenvalue weighted by Gasteiger charge is 2.32. The minimum atomic E-state index is -0.323. The number of aromatic nitrogens is 1. The molecule has 150 valence electrons. The summed E-state index contributed by atoms with van der Waals surface area (Å²) in [7, 11) is 3.21. The molecule has 0 saturated heterocycles. The van der Waals surface area contributed by atoms with E-state index >= 15 is 0 Å². The van der Waals surface area contributed by atoms with Crippen LogP contribution in [0, 0.1) is 5.82 Å². The average Bonchev–Trinajstić information content (AvgIpc) is 3.22. The number of rotatable bonds is 4. The third-order valence-electron chi connectivity index (χ3n) is 5.15. The summed E-state index contributed by atoms with van der Waals surface area (Å²) in [6.07, 6.45) is 2.02. The highest BCUT2D eigenvalue weighted by atomic mass is 32.1. The van der Waals surface area contributed by atoms with Gasteiger partial charge >= 0.3 is 0 Å². The lowest BCUT2D eigenvalue weighted by Crippen LogP contribution is -2.44. The van der Waals surface area contributed by atoms with Crippen molar-refractivity contribution in [1.29, 1.82) is 0 Å². The number of thiocarbonyl (C=S) groups is 1. The van der Waals surface area contributed by atoms with Gasteiger partial charge in [0, 0.05) is 36.6 Å². The van der Waals surface area contributed by atoms with Crippen molar-refractivity contribution >= 4 is 23.0 Å². The Labute approximate surface area is 174 Å². The number of ether oxygens (including phenoxy) is 2. The molecular formula is C22H22FN3O2S. The van der Waals surface area contributed by atoms with Crippen molar-refractivity contribution in [2.45, 2.75) is 12.6 Å². The highest BCUT2D eigenvalue weighted by Crippen LogP contribution is 2.35. The van der Waals surface area contributed by atoms with E-state index in [-0.39, 0.29) is 11.9 Å². The Morgan fingerprint density at radius 2 is 1.90 bits per heavy atom. The van der Waals surface area contributed by atoms with Crippen LogP contribution in [0.25, 0.3) is 0 Å². The molecule has 0 fully saturated rings. The van der Waals surface area contributed by atoms with Crippen LogP contribution in [-0.2, 0) is 6.54 Å². The van der Waals surface area contributed by atoms with Crippen molar-refractivity contribution in [2.24, 2.45) is 0 Å². The van der Waals surface area contributed by atoms with Gasteiger partial charge in [0.2, 0.25) is 0 Å². The summed E-state index contributed by atoms with van der Waals surface area (Å²) in [5.41, 5.74) is 2.29. The second-order valence-electron chi connectivity index (χ2n) is 6.74. The van der Waals surface area contributed by atoms with Crippen molar-refractivity contribution in [1.82, 2.24) is 9.47 Å². The zero-order valence-corrected chi connectivity index (χ0v) is 17.1. The molecule has 2 heterocycles. The van der Waals surface area contributed by atoms with Gasteiger partial charge in [-0.05, 0) is 42.5 Å². The van der Waals surface area contributed by atoms with Crippen LogP contribution < -0.4 is 14.8 Å². The maximum absolute atomic E-state index is 14.7. The van der Waals surface area contributed by atoms with Gasteiger partial charge in [0.1, 0.15) is 17.3 Å². The zero-order valence-electron chi connectivity index (χ0n) is 16.3. The Balaban J connectivity index is 1.70. The van der Waals surface area contributed by atoms with E-state index in [0.29, 0.717) is 34.4 Å². The van der Waals surface area contributed by atoms with Crippen LogP contribution in [0.4, 0.5) is 10.1 Å². The van der Waals surface area contributed by atoms with E-state index in [0.717, 1.165) is 12.2 Å². The first-order valence-corrected chi connectivity index (χ1v) is 9.72. The largest absolute Gasteiger partial charge is 0.497 e. The van der Waals surface area contributed by atoms with E-state index in [4.69, 9.17) is 21.7 Å². The Hall–Kier alpha value is -3.06.